The van der Waals surface area contributed by atoms with E-state index < -0.39 is 0 Å². The number of hydrogen-bond donors (Lipinski definition) is 1. The van der Waals surface area contributed by atoms with Crippen molar-refractivity contribution in [1.29, 1.82) is 0 Å². The van der Waals surface area contributed by atoms with E-state index in [-0.39, 0.29) is 5.82 Å². The number of halogens is 3. The van der Waals surface area contributed by atoms with Crippen LogP contribution >= 0.6 is 27.5 Å². The summed E-state index contributed by atoms with van der Waals surface area (Å²) in [5.41, 5.74) is 3.65. The van der Waals surface area contributed by atoms with Gasteiger partial charge >= 0.3 is 0 Å². The van der Waals surface area contributed by atoms with Crippen LogP contribution in [0, 0.1) is 5.82 Å². The second kappa shape index (κ2) is 6.81. The quantitative estimate of drug-likeness (QED) is 0.564. The van der Waals surface area contributed by atoms with E-state index in [2.05, 4.69) is 21.2 Å². The van der Waals surface area contributed by atoms with Crippen molar-refractivity contribution in [1.82, 2.24) is 9.78 Å². The first-order chi connectivity index (χ1) is 12.1. The maximum atomic E-state index is 13.5. The summed E-state index contributed by atoms with van der Waals surface area (Å²) >= 11 is 9.92. The van der Waals surface area contributed by atoms with Crippen LogP contribution in [0.3, 0.4) is 0 Å². The minimum Gasteiger partial charge on any atom is -0.370 e. The third-order valence-electron chi connectivity index (χ3n) is 4.40. The van der Waals surface area contributed by atoms with Crippen LogP contribution in [-0.4, -0.2) is 16.3 Å². The summed E-state index contributed by atoms with van der Waals surface area (Å²) in [6, 6.07) is 12.4. The Kier molecular flexibility index (Phi) is 4.52. The molecule has 1 N–H and O–H groups in total. The van der Waals surface area contributed by atoms with Crippen molar-refractivity contribution in [2.45, 2.75) is 19.3 Å². The fourth-order valence-electron chi connectivity index (χ4n) is 3.20. The number of benzene rings is 2. The van der Waals surface area contributed by atoms with Gasteiger partial charge in [0.25, 0.3) is 0 Å². The summed E-state index contributed by atoms with van der Waals surface area (Å²) in [6.07, 6.45) is 3.09. The molecule has 0 radical (unpaired) electrons. The van der Waals surface area contributed by atoms with E-state index in [0.717, 1.165) is 58.6 Å². The van der Waals surface area contributed by atoms with Crippen molar-refractivity contribution >= 4 is 33.3 Å². The van der Waals surface area contributed by atoms with Gasteiger partial charge in [0.15, 0.2) is 0 Å². The summed E-state index contributed by atoms with van der Waals surface area (Å²) in [4.78, 5) is 0. The van der Waals surface area contributed by atoms with Crippen molar-refractivity contribution < 1.29 is 4.39 Å². The van der Waals surface area contributed by atoms with E-state index in [1.165, 1.54) is 12.1 Å². The summed E-state index contributed by atoms with van der Waals surface area (Å²) in [7, 11) is 0. The fraction of sp³-hybridized carbons (Fsp3) is 0.211. The Hall–Kier alpha value is -1.85. The molecule has 2 heterocycles. The lowest BCUT2D eigenvalue weighted by atomic mass is 10.0. The van der Waals surface area contributed by atoms with Crippen LogP contribution in [0.2, 0.25) is 5.02 Å². The first kappa shape index (κ1) is 16.6. The summed E-state index contributed by atoms with van der Waals surface area (Å²) < 4.78 is 16.3. The van der Waals surface area contributed by atoms with E-state index in [1.54, 1.807) is 6.07 Å². The predicted molar refractivity (Wildman–Crippen MR) is 103 cm³/mol. The first-order valence-electron chi connectivity index (χ1n) is 8.21. The molecular weight excluding hydrogens is 405 g/mol. The minimum absolute atomic E-state index is 0.344. The van der Waals surface area contributed by atoms with Crippen molar-refractivity contribution in [2.24, 2.45) is 0 Å². The molecule has 3 aromatic rings. The van der Waals surface area contributed by atoms with Gasteiger partial charge < -0.3 is 5.32 Å². The largest absolute Gasteiger partial charge is 0.370 e. The van der Waals surface area contributed by atoms with Crippen LogP contribution in [0.5, 0.6) is 0 Å². The number of fused-ring (bicyclic) bond motifs is 1. The number of nitrogens with zero attached hydrogens (tertiary/aromatic N) is 2. The monoisotopic (exact) mass is 419 g/mol. The molecule has 0 saturated heterocycles. The van der Waals surface area contributed by atoms with Crippen molar-refractivity contribution in [3.63, 3.8) is 0 Å². The van der Waals surface area contributed by atoms with Crippen LogP contribution in [-0.2, 0) is 6.42 Å². The molecule has 0 saturated carbocycles. The zero-order chi connectivity index (χ0) is 17.4. The smallest absolute Gasteiger partial charge is 0.133 e. The Bertz CT molecular complexity index is 938. The van der Waals surface area contributed by atoms with Gasteiger partial charge in [0, 0.05) is 22.1 Å². The molecule has 0 fully saturated rings. The zero-order valence-electron chi connectivity index (χ0n) is 13.4. The highest BCUT2D eigenvalue weighted by Crippen LogP contribution is 2.38. The van der Waals surface area contributed by atoms with Crippen LogP contribution in [0.15, 0.2) is 46.9 Å². The lowest BCUT2D eigenvalue weighted by molar-refractivity contribution is 0.628. The Morgan fingerprint density at radius 2 is 2.00 bits per heavy atom. The molecule has 0 aliphatic carbocycles. The second-order valence-corrected chi connectivity index (χ2v) is 7.31. The molecule has 1 aromatic heterocycles. The maximum absolute atomic E-state index is 13.5. The molecule has 0 unspecified atom stereocenters. The molecule has 1 aliphatic heterocycles. The molecule has 0 bridgehead atoms. The molecule has 4 rings (SSSR count). The Morgan fingerprint density at radius 3 is 2.80 bits per heavy atom. The summed E-state index contributed by atoms with van der Waals surface area (Å²) in [5.74, 6) is 0.642. The number of aromatic nitrogens is 2. The summed E-state index contributed by atoms with van der Waals surface area (Å²) in [6.45, 7) is 0.903. The van der Waals surface area contributed by atoms with Gasteiger partial charge in [0.1, 0.15) is 11.6 Å². The third-order valence-corrected chi connectivity index (χ3v) is 5.38. The van der Waals surface area contributed by atoms with Gasteiger partial charge in [-0.25, -0.2) is 9.07 Å². The van der Waals surface area contributed by atoms with Crippen molar-refractivity contribution in [3.8, 4) is 16.9 Å². The van der Waals surface area contributed by atoms with E-state index in [1.807, 2.05) is 28.9 Å². The molecule has 6 heteroatoms. The molecule has 0 atom stereocenters. The SMILES string of the molecule is Fc1ccc(-c2nn(-c3ccccc3Br)c3c2CCCCN3)c(Cl)c1. The molecule has 25 heavy (non-hydrogen) atoms. The Labute approximate surface area is 158 Å². The molecule has 0 amide bonds. The van der Waals surface area contributed by atoms with Gasteiger partial charge in [-0.1, -0.05) is 23.7 Å². The van der Waals surface area contributed by atoms with Gasteiger partial charge in [-0.3, -0.25) is 0 Å². The van der Waals surface area contributed by atoms with Gasteiger partial charge in [0.05, 0.1) is 16.4 Å². The van der Waals surface area contributed by atoms with Crippen LogP contribution < -0.4 is 5.32 Å². The van der Waals surface area contributed by atoms with E-state index >= 15 is 0 Å². The number of anilines is 1. The Balaban J connectivity index is 1.95. The number of para-hydroxylation sites is 1. The average Bonchev–Trinajstić information content (AvgIpc) is 2.78. The molecule has 3 nitrogen and oxygen atoms in total. The normalized spacial score (nSPS) is 13.9. The van der Waals surface area contributed by atoms with Crippen LogP contribution in [0.25, 0.3) is 16.9 Å². The van der Waals surface area contributed by atoms with Crippen LogP contribution in [0.4, 0.5) is 10.2 Å². The maximum Gasteiger partial charge on any atom is 0.133 e. The third kappa shape index (κ3) is 3.07. The minimum atomic E-state index is -0.344. The standard InChI is InChI=1S/C19H16BrClFN3/c20-15-6-1-2-7-17(15)25-19-14(5-3-4-10-23-19)18(24-25)13-9-8-12(22)11-16(13)21/h1-2,6-9,11,23H,3-5,10H2. The molecule has 1 aliphatic rings. The topological polar surface area (TPSA) is 29.9 Å². The molecule has 128 valence electrons. The zero-order valence-corrected chi connectivity index (χ0v) is 15.7. The highest BCUT2D eigenvalue weighted by molar-refractivity contribution is 9.10. The van der Waals surface area contributed by atoms with Gasteiger partial charge in [-0.05, 0) is 65.5 Å². The molecule has 0 spiro atoms. The van der Waals surface area contributed by atoms with E-state index in [9.17, 15) is 4.39 Å². The van der Waals surface area contributed by atoms with E-state index in [0.29, 0.717) is 5.02 Å². The first-order valence-corrected chi connectivity index (χ1v) is 9.38. The van der Waals surface area contributed by atoms with Crippen LogP contribution in [0.1, 0.15) is 18.4 Å². The van der Waals surface area contributed by atoms with Crippen molar-refractivity contribution in [2.75, 3.05) is 11.9 Å². The average molecular weight is 421 g/mol. The second-order valence-electron chi connectivity index (χ2n) is 6.05. The van der Waals surface area contributed by atoms with E-state index in [4.69, 9.17) is 16.7 Å². The number of nitrogens with one attached hydrogen (secondary N) is 1. The van der Waals surface area contributed by atoms with Gasteiger partial charge in [0.2, 0.25) is 0 Å². The summed E-state index contributed by atoms with van der Waals surface area (Å²) in [5, 5.41) is 8.72. The lowest BCUT2D eigenvalue weighted by Crippen LogP contribution is -2.07. The fourth-order valence-corrected chi connectivity index (χ4v) is 3.91. The number of rotatable bonds is 2. The number of hydrogen-bond acceptors (Lipinski definition) is 2. The lowest BCUT2D eigenvalue weighted by Gasteiger charge is -2.10. The van der Waals surface area contributed by atoms with Gasteiger partial charge in [-0.15, -0.1) is 0 Å². The predicted octanol–water partition coefficient (Wildman–Crippen LogP) is 5.84. The highest BCUT2D eigenvalue weighted by atomic mass is 79.9. The Morgan fingerprint density at radius 1 is 1.16 bits per heavy atom. The van der Waals surface area contributed by atoms with Crippen molar-refractivity contribution in [3.05, 3.63) is 63.3 Å². The van der Waals surface area contributed by atoms with Gasteiger partial charge in [-0.2, -0.15) is 5.10 Å². The molecule has 2 aromatic carbocycles. The molecular formula is C19H16BrClFN3. The highest BCUT2D eigenvalue weighted by Gasteiger charge is 2.23.